The average molecular weight is 581 g/mol. The standard InChI is InChI=1S/C32H28N4O5S/c1-21-8-6-9-22(2)30(21)35-29(37)20-42-27-13-7-12-25(19-27)33-32(39)28(34-31(38)24-10-4-3-5-11-24)18-23-14-16-26(17-15-23)36(40)41/h3-19H,20H2,1-2H3,(H,33,39)(H,34,38)(H,35,37)/b28-18+. The van der Waals surface area contributed by atoms with Gasteiger partial charge in [-0.3, -0.25) is 24.5 Å². The molecule has 3 amide bonds. The van der Waals surface area contributed by atoms with Crippen molar-refractivity contribution in [1.29, 1.82) is 0 Å². The van der Waals surface area contributed by atoms with Crippen LogP contribution in [0.2, 0.25) is 0 Å². The molecule has 0 bridgehead atoms. The number of nitrogens with one attached hydrogen (secondary N) is 3. The second-order valence-corrected chi connectivity index (χ2v) is 10.4. The highest BCUT2D eigenvalue weighted by atomic mass is 32.2. The summed E-state index contributed by atoms with van der Waals surface area (Å²) in [4.78, 5) is 50.1. The maximum absolute atomic E-state index is 13.3. The van der Waals surface area contributed by atoms with Crippen molar-refractivity contribution >= 4 is 52.6 Å². The van der Waals surface area contributed by atoms with E-state index in [9.17, 15) is 24.5 Å². The maximum atomic E-state index is 13.3. The van der Waals surface area contributed by atoms with Crippen molar-refractivity contribution in [3.63, 3.8) is 0 Å². The van der Waals surface area contributed by atoms with Gasteiger partial charge in [-0.05, 0) is 79.1 Å². The molecule has 0 aliphatic rings. The molecule has 0 heterocycles. The van der Waals surface area contributed by atoms with Crippen molar-refractivity contribution in [1.82, 2.24) is 5.32 Å². The van der Waals surface area contributed by atoms with Crippen molar-refractivity contribution in [2.45, 2.75) is 18.7 Å². The zero-order chi connectivity index (χ0) is 30.1. The molecule has 0 fully saturated rings. The van der Waals surface area contributed by atoms with Gasteiger partial charge in [0.15, 0.2) is 0 Å². The van der Waals surface area contributed by atoms with E-state index in [0.29, 0.717) is 16.8 Å². The molecule has 212 valence electrons. The first-order valence-electron chi connectivity index (χ1n) is 12.9. The summed E-state index contributed by atoms with van der Waals surface area (Å²) >= 11 is 1.32. The molecule has 0 saturated carbocycles. The van der Waals surface area contributed by atoms with Gasteiger partial charge in [0.1, 0.15) is 5.70 Å². The Morgan fingerprint density at radius 3 is 2.17 bits per heavy atom. The lowest BCUT2D eigenvalue weighted by Crippen LogP contribution is -2.30. The Kier molecular flexibility index (Phi) is 9.85. The molecule has 0 saturated heterocycles. The molecule has 4 rings (SSSR count). The molecular weight excluding hydrogens is 552 g/mol. The molecule has 0 radical (unpaired) electrons. The van der Waals surface area contributed by atoms with Crippen LogP contribution in [0.25, 0.3) is 6.08 Å². The van der Waals surface area contributed by atoms with Gasteiger partial charge in [0.25, 0.3) is 17.5 Å². The van der Waals surface area contributed by atoms with Crippen molar-refractivity contribution in [3.05, 3.63) is 135 Å². The van der Waals surface area contributed by atoms with Crippen LogP contribution in [-0.4, -0.2) is 28.4 Å². The first kappa shape index (κ1) is 29.8. The van der Waals surface area contributed by atoms with E-state index in [2.05, 4.69) is 16.0 Å². The fourth-order valence-corrected chi connectivity index (χ4v) is 4.75. The van der Waals surface area contributed by atoms with Gasteiger partial charge < -0.3 is 16.0 Å². The highest BCUT2D eigenvalue weighted by molar-refractivity contribution is 8.00. The number of rotatable bonds is 10. The second kappa shape index (κ2) is 13.9. The molecule has 10 heteroatoms. The summed E-state index contributed by atoms with van der Waals surface area (Å²) in [5.41, 5.74) is 3.92. The maximum Gasteiger partial charge on any atom is 0.272 e. The van der Waals surface area contributed by atoms with Crippen LogP contribution in [0.3, 0.4) is 0 Å². The topological polar surface area (TPSA) is 130 Å². The van der Waals surface area contributed by atoms with E-state index < -0.39 is 16.7 Å². The summed E-state index contributed by atoms with van der Waals surface area (Å²) in [6, 6.07) is 26.9. The van der Waals surface area contributed by atoms with Gasteiger partial charge in [0, 0.05) is 34.0 Å². The van der Waals surface area contributed by atoms with Gasteiger partial charge in [0.05, 0.1) is 10.7 Å². The first-order valence-corrected chi connectivity index (χ1v) is 13.9. The van der Waals surface area contributed by atoms with Crippen LogP contribution >= 0.6 is 11.8 Å². The van der Waals surface area contributed by atoms with E-state index in [1.165, 1.54) is 42.1 Å². The lowest BCUT2D eigenvalue weighted by Gasteiger charge is -2.13. The molecule has 0 atom stereocenters. The van der Waals surface area contributed by atoms with E-state index in [4.69, 9.17) is 0 Å². The summed E-state index contributed by atoms with van der Waals surface area (Å²) in [5.74, 6) is -1.06. The summed E-state index contributed by atoms with van der Waals surface area (Å²) in [5, 5.41) is 19.4. The lowest BCUT2D eigenvalue weighted by molar-refractivity contribution is -0.384. The van der Waals surface area contributed by atoms with Gasteiger partial charge in [-0.25, -0.2) is 0 Å². The van der Waals surface area contributed by atoms with Crippen LogP contribution in [-0.2, 0) is 9.59 Å². The van der Waals surface area contributed by atoms with Crippen LogP contribution in [0.15, 0.2) is 108 Å². The normalized spacial score (nSPS) is 11.0. The predicted octanol–water partition coefficient (Wildman–Crippen LogP) is 6.35. The van der Waals surface area contributed by atoms with E-state index in [1.54, 1.807) is 48.5 Å². The zero-order valence-electron chi connectivity index (χ0n) is 22.9. The fraction of sp³-hybridized carbons (Fsp3) is 0.0938. The minimum Gasteiger partial charge on any atom is -0.325 e. The molecule has 0 aromatic heterocycles. The molecule has 42 heavy (non-hydrogen) atoms. The Balaban J connectivity index is 1.47. The Bertz CT molecular complexity index is 1630. The van der Waals surface area contributed by atoms with Gasteiger partial charge in [-0.2, -0.15) is 0 Å². The fourth-order valence-electron chi connectivity index (χ4n) is 4.00. The average Bonchev–Trinajstić information content (AvgIpc) is 2.98. The number of hydrogen-bond donors (Lipinski definition) is 3. The molecule has 4 aromatic rings. The molecule has 3 N–H and O–H groups in total. The molecule has 9 nitrogen and oxygen atoms in total. The summed E-state index contributed by atoms with van der Waals surface area (Å²) in [7, 11) is 0. The number of nitro groups is 1. The highest BCUT2D eigenvalue weighted by Gasteiger charge is 2.16. The molecule has 0 aliphatic carbocycles. The predicted molar refractivity (Wildman–Crippen MR) is 165 cm³/mol. The Morgan fingerprint density at radius 2 is 1.50 bits per heavy atom. The number of thioether (sulfide) groups is 1. The molecule has 0 unspecified atom stereocenters. The van der Waals surface area contributed by atoms with Gasteiger partial charge >= 0.3 is 0 Å². The number of carbonyl (C=O) groups excluding carboxylic acids is 3. The third-order valence-electron chi connectivity index (χ3n) is 6.15. The van der Waals surface area contributed by atoms with Crippen molar-refractivity contribution < 1.29 is 19.3 Å². The number of carbonyl (C=O) groups is 3. The number of nitro benzene ring substituents is 1. The van der Waals surface area contributed by atoms with Crippen LogP contribution in [0.1, 0.15) is 27.0 Å². The first-order chi connectivity index (χ1) is 20.2. The molecule has 0 spiro atoms. The Morgan fingerprint density at radius 1 is 0.833 bits per heavy atom. The van der Waals surface area contributed by atoms with Crippen LogP contribution in [0, 0.1) is 24.0 Å². The lowest BCUT2D eigenvalue weighted by atomic mass is 10.1. The molecule has 0 aliphatic heterocycles. The third kappa shape index (κ3) is 8.15. The van der Waals surface area contributed by atoms with Crippen molar-refractivity contribution in [2.75, 3.05) is 16.4 Å². The number of benzene rings is 4. The smallest absolute Gasteiger partial charge is 0.272 e. The number of anilines is 2. The number of hydrogen-bond acceptors (Lipinski definition) is 6. The quantitative estimate of drug-likeness (QED) is 0.0867. The van der Waals surface area contributed by atoms with E-state index >= 15 is 0 Å². The van der Waals surface area contributed by atoms with Gasteiger partial charge in [-0.1, -0.05) is 42.5 Å². The van der Waals surface area contributed by atoms with E-state index in [1.807, 2.05) is 38.1 Å². The van der Waals surface area contributed by atoms with Crippen LogP contribution in [0.5, 0.6) is 0 Å². The largest absolute Gasteiger partial charge is 0.325 e. The summed E-state index contributed by atoms with van der Waals surface area (Å²) in [6.07, 6.45) is 1.44. The third-order valence-corrected chi connectivity index (χ3v) is 7.14. The monoisotopic (exact) mass is 580 g/mol. The van der Waals surface area contributed by atoms with Gasteiger partial charge in [0.2, 0.25) is 5.91 Å². The van der Waals surface area contributed by atoms with Gasteiger partial charge in [-0.15, -0.1) is 11.8 Å². The number of nitrogens with zero attached hydrogens (tertiary/aromatic N) is 1. The van der Waals surface area contributed by atoms with Crippen LogP contribution < -0.4 is 16.0 Å². The number of amides is 3. The summed E-state index contributed by atoms with van der Waals surface area (Å²) in [6.45, 7) is 3.88. The number of non-ortho nitro benzene ring substituents is 1. The Labute approximate surface area is 247 Å². The second-order valence-electron chi connectivity index (χ2n) is 9.31. The molecular formula is C32H28N4O5S. The minimum atomic E-state index is -0.590. The highest BCUT2D eigenvalue weighted by Crippen LogP contribution is 2.24. The summed E-state index contributed by atoms with van der Waals surface area (Å²) < 4.78 is 0. The van der Waals surface area contributed by atoms with Crippen LogP contribution in [0.4, 0.5) is 17.1 Å². The minimum absolute atomic E-state index is 0.0521. The SMILES string of the molecule is Cc1cccc(C)c1NC(=O)CSc1cccc(NC(=O)/C(=C\c2ccc([N+](=O)[O-])cc2)NC(=O)c2ccccc2)c1. The van der Waals surface area contributed by atoms with E-state index in [-0.39, 0.29) is 23.0 Å². The molecule has 4 aromatic carbocycles. The number of para-hydroxylation sites is 1. The van der Waals surface area contributed by atoms with E-state index in [0.717, 1.165) is 21.7 Å². The van der Waals surface area contributed by atoms with Crippen molar-refractivity contribution in [2.24, 2.45) is 0 Å². The zero-order valence-corrected chi connectivity index (χ0v) is 23.7. The Hall–Kier alpha value is -5.22. The van der Waals surface area contributed by atoms with Crippen molar-refractivity contribution in [3.8, 4) is 0 Å². The number of aryl methyl sites for hydroxylation is 2.